The number of nitrogens with two attached hydrogens (primary N) is 1. The van der Waals surface area contributed by atoms with Crippen LogP contribution in [-0.4, -0.2) is 25.1 Å². The molecule has 4 nitrogen and oxygen atoms in total. The topological polar surface area (TPSA) is 64.3 Å². The zero-order chi connectivity index (χ0) is 13.7. The first-order chi connectivity index (χ1) is 9.15. The van der Waals surface area contributed by atoms with Crippen LogP contribution >= 0.6 is 12.4 Å². The smallest absolute Gasteiger partial charge is 0.251 e. The molecule has 2 rings (SSSR count). The molecule has 1 amide bonds. The summed E-state index contributed by atoms with van der Waals surface area (Å²) in [5.41, 5.74) is 6.29. The summed E-state index contributed by atoms with van der Waals surface area (Å²) in [5, 5.41) is 2.85. The highest BCUT2D eigenvalue weighted by molar-refractivity contribution is 5.94. The Morgan fingerprint density at radius 1 is 1.40 bits per heavy atom. The molecule has 1 saturated carbocycles. The van der Waals surface area contributed by atoms with Gasteiger partial charge in [-0.2, -0.15) is 0 Å². The van der Waals surface area contributed by atoms with Crippen LogP contribution in [0.5, 0.6) is 5.75 Å². The molecule has 0 bridgehead atoms. The van der Waals surface area contributed by atoms with Crippen molar-refractivity contribution in [2.24, 2.45) is 11.7 Å². The van der Waals surface area contributed by atoms with E-state index < -0.39 is 0 Å². The van der Waals surface area contributed by atoms with Gasteiger partial charge >= 0.3 is 0 Å². The molecule has 0 aromatic heterocycles. The van der Waals surface area contributed by atoms with Crippen molar-refractivity contribution in [1.29, 1.82) is 0 Å². The first-order valence-corrected chi connectivity index (χ1v) is 6.92. The fourth-order valence-corrected chi connectivity index (χ4v) is 1.72. The molecule has 1 aromatic carbocycles. The van der Waals surface area contributed by atoms with Gasteiger partial charge in [0.1, 0.15) is 5.75 Å². The maximum Gasteiger partial charge on any atom is 0.251 e. The Balaban J connectivity index is 0.00000200. The monoisotopic (exact) mass is 298 g/mol. The minimum Gasteiger partial charge on any atom is -0.493 e. The molecule has 0 radical (unpaired) electrons. The first-order valence-electron chi connectivity index (χ1n) is 6.92. The van der Waals surface area contributed by atoms with E-state index in [1.165, 1.54) is 12.8 Å². The number of benzene rings is 1. The molecule has 1 fully saturated rings. The Hall–Kier alpha value is -1.26. The lowest BCUT2D eigenvalue weighted by molar-refractivity contribution is 0.0953. The standard InChI is InChI=1S/C15H22N2O2.ClH/c1-11(16)8-9-17-15(18)13-4-6-14(7-5-13)19-10-12-2-3-12;/h4-7,11-12H,2-3,8-10,16H2,1H3,(H,17,18);1H. The van der Waals surface area contributed by atoms with Gasteiger partial charge in [-0.25, -0.2) is 0 Å². The number of rotatable bonds is 7. The fraction of sp³-hybridized carbons (Fsp3) is 0.533. The molecule has 1 unspecified atom stereocenters. The van der Waals surface area contributed by atoms with Crippen LogP contribution in [0.2, 0.25) is 0 Å². The van der Waals surface area contributed by atoms with Crippen LogP contribution in [0.15, 0.2) is 24.3 Å². The van der Waals surface area contributed by atoms with Gasteiger partial charge in [-0.1, -0.05) is 0 Å². The second-order valence-corrected chi connectivity index (χ2v) is 5.30. The van der Waals surface area contributed by atoms with Crippen LogP contribution in [0.1, 0.15) is 36.5 Å². The Kier molecular flexibility index (Phi) is 6.82. The number of amides is 1. The van der Waals surface area contributed by atoms with Crippen LogP contribution in [-0.2, 0) is 0 Å². The Labute approximate surface area is 126 Å². The van der Waals surface area contributed by atoms with Gasteiger partial charge in [0.05, 0.1) is 6.61 Å². The van der Waals surface area contributed by atoms with Crippen LogP contribution < -0.4 is 15.8 Å². The van der Waals surface area contributed by atoms with Gasteiger partial charge in [0.25, 0.3) is 5.91 Å². The summed E-state index contributed by atoms with van der Waals surface area (Å²) in [6.45, 7) is 3.33. The quantitative estimate of drug-likeness (QED) is 0.812. The van der Waals surface area contributed by atoms with Crippen LogP contribution in [0, 0.1) is 5.92 Å². The zero-order valence-electron chi connectivity index (χ0n) is 11.8. The molecule has 3 N–H and O–H groups in total. The van der Waals surface area contributed by atoms with Gasteiger partial charge < -0.3 is 15.8 Å². The first kappa shape index (κ1) is 16.8. The normalized spacial score (nSPS) is 15.1. The average Bonchev–Trinajstić information content (AvgIpc) is 3.20. The molecule has 0 heterocycles. The molecule has 1 aliphatic rings. The van der Waals surface area contributed by atoms with E-state index in [1.54, 1.807) is 12.1 Å². The second kappa shape index (κ2) is 8.12. The van der Waals surface area contributed by atoms with Crippen molar-refractivity contribution in [2.75, 3.05) is 13.2 Å². The van der Waals surface area contributed by atoms with E-state index in [-0.39, 0.29) is 24.4 Å². The van der Waals surface area contributed by atoms with Gasteiger partial charge in [-0.3, -0.25) is 4.79 Å². The summed E-state index contributed by atoms with van der Waals surface area (Å²) in [5.74, 6) is 1.51. The van der Waals surface area contributed by atoms with Crippen molar-refractivity contribution in [2.45, 2.75) is 32.2 Å². The zero-order valence-corrected chi connectivity index (χ0v) is 12.6. The Morgan fingerprint density at radius 3 is 2.60 bits per heavy atom. The molecule has 1 atom stereocenters. The minimum atomic E-state index is -0.0607. The molecule has 0 saturated heterocycles. The largest absolute Gasteiger partial charge is 0.493 e. The third-order valence-electron chi connectivity index (χ3n) is 3.18. The van der Waals surface area contributed by atoms with E-state index in [2.05, 4.69) is 5.32 Å². The van der Waals surface area contributed by atoms with E-state index in [0.29, 0.717) is 12.1 Å². The molecule has 1 aliphatic carbocycles. The lowest BCUT2D eigenvalue weighted by atomic mass is 10.2. The predicted octanol–water partition coefficient (Wildman–Crippen LogP) is 2.36. The van der Waals surface area contributed by atoms with E-state index in [9.17, 15) is 4.79 Å². The highest BCUT2D eigenvalue weighted by Crippen LogP contribution is 2.29. The van der Waals surface area contributed by atoms with Crippen molar-refractivity contribution in [1.82, 2.24) is 5.32 Å². The summed E-state index contributed by atoms with van der Waals surface area (Å²) >= 11 is 0. The van der Waals surface area contributed by atoms with Gasteiger partial charge in [-0.15, -0.1) is 12.4 Å². The summed E-state index contributed by atoms with van der Waals surface area (Å²) < 4.78 is 5.63. The van der Waals surface area contributed by atoms with E-state index in [0.717, 1.165) is 24.7 Å². The molecule has 0 spiro atoms. The second-order valence-electron chi connectivity index (χ2n) is 5.30. The summed E-state index contributed by atoms with van der Waals surface area (Å²) in [4.78, 5) is 11.8. The van der Waals surface area contributed by atoms with Crippen LogP contribution in [0.25, 0.3) is 0 Å². The van der Waals surface area contributed by atoms with Crippen molar-refractivity contribution in [3.05, 3.63) is 29.8 Å². The Bertz CT molecular complexity index is 416. The molecule has 0 aliphatic heterocycles. The van der Waals surface area contributed by atoms with Crippen LogP contribution in [0.4, 0.5) is 0 Å². The average molecular weight is 299 g/mol. The third kappa shape index (κ3) is 5.80. The molecular formula is C15H23ClN2O2. The van der Waals surface area contributed by atoms with Gasteiger partial charge in [0.2, 0.25) is 0 Å². The predicted molar refractivity (Wildman–Crippen MR) is 82.5 cm³/mol. The van der Waals surface area contributed by atoms with Gasteiger partial charge in [-0.05, 0) is 56.4 Å². The fourth-order valence-electron chi connectivity index (χ4n) is 1.72. The van der Waals surface area contributed by atoms with E-state index in [1.807, 2.05) is 19.1 Å². The van der Waals surface area contributed by atoms with Crippen molar-refractivity contribution in [3.8, 4) is 5.75 Å². The number of hydrogen-bond acceptors (Lipinski definition) is 3. The summed E-state index contributed by atoms with van der Waals surface area (Å²) in [7, 11) is 0. The number of carbonyl (C=O) groups is 1. The SMILES string of the molecule is CC(N)CCNC(=O)c1ccc(OCC2CC2)cc1.Cl. The number of carbonyl (C=O) groups excluding carboxylic acids is 1. The summed E-state index contributed by atoms with van der Waals surface area (Å²) in [6, 6.07) is 7.40. The number of ether oxygens (including phenoxy) is 1. The van der Waals surface area contributed by atoms with E-state index in [4.69, 9.17) is 10.5 Å². The number of hydrogen-bond donors (Lipinski definition) is 2. The molecule has 112 valence electrons. The molecule has 20 heavy (non-hydrogen) atoms. The lowest BCUT2D eigenvalue weighted by Gasteiger charge is -2.08. The summed E-state index contributed by atoms with van der Waals surface area (Å²) in [6.07, 6.45) is 3.34. The van der Waals surface area contributed by atoms with Gasteiger partial charge in [0.15, 0.2) is 0 Å². The molecule has 1 aromatic rings. The maximum atomic E-state index is 11.8. The van der Waals surface area contributed by atoms with Crippen molar-refractivity contribution >= 4 is 18.3 Å². The Morgan fingerprint density at radius 2 is 2.05 bits per heavy atom. The minimum absolute atomic E-state index is 0. The highest BCUT2D eigenvalue weighted by atomic mass is 35.5. The third-order valence-corrected chi connectivity index (χ3v) is 3.18. The maximum absolute atomic E-state index is 11.8. The van der Waals surface area contributed by atoms with Crippen LogP contribution in [0.3, 0.4) is 0 Å². The lowest BCUT2D eigenvalue weighted by Crippen LogP contribution is -2.28. The molecule has 5 heteroatoms. The number of halogens is 1. The number of nitrogens with one attached hydrogen (secondary N) is 1. The van der Waals surface area contributed by atoms with Crippen molar-refractivity contribution < 1.29 is 9.53 Å². The van der Waals surface area contributed by atoms with Gasteiger partial charge in [0, 0.05) is 18.2 Å². The van der Waals surface area contributed by atoms with Crippen molar-refractivity contribution in [3.63, 3.8) is 0 Å². The highest BCUT2D eigenvalue weighted by Gasteiger charge is 2.21. The molecular weight excluding hydrogens is 276 g/mol. The van der Waals surface area contributed by atoms with E-state index >= 15 is 0 Å².